The summed E-state index contributed by atoms with van der Waals surface area (Å²) in [6.07, 6.45) is 3.65. The van der Waals surface area contributed by atoms with Crippen molar-refractivity contribution in [1.82, 2.24) is 4.98 Å². The minimum absolute atomic E-state index is 1.06. The molecule has 0 saturated heterocycles. The van der Waals surface area contributed by atoms with Crippen LogP contribution in [0.3, 0.4) is 0 Å². The molecule has 2 aromatic rings. The lowest BCUT2D eigenvalue weighted by Crippen LogP contribution is -1.76. The molecule has 0 aliphatic heterocycles. The molecule has 2 rings (SSSR count). The van der Waals surface area contributed by atoms with Crippen LogP contribution in [-0.2, 0) is 0 Å². The van der Waals surface area contributed by atoms with Gasteiger partial charge in [-0.15, -0.1) is 0 Å². The zero-order valence-electron chi connectivity index (χ0n) is 6.09. The summed E-state index contributed by atoms with van der Waals surface area (Å²) in [5.74, 6) is 0. The first-order valence-corrected chi connectivity index (χ1v) is 5.05. The smallest absolute Gasteiger partial charge is 0.0346 e. The molecular weight excluding hydrogens is 282 g/mol. The SMILES string of the molecule is Brc1cc2ccncc2cc1Br. The van der Waals surface area contributed by atoms with Crippen LogP contribution in [0, 0.1) is 0 Å². The van der Waals surface area contributed by atoms with E-state index in [1.165, 1.54) is 5.39 Å². The number of hydrogen-bond donors (Lipinski definition) is 0. The van der Waals surface area contributed by atoms with Gasteiger partial charge < -0.3 is 0 Å². The number of pyridine rings is 1. The van der Waals surface area contributed by atoms with Gasteiger partial charge in [-0.3, -0.25) is 4.98 Å². The molecule has 0 atom stereocenters. The lowest BCUT2D eigenvalue weighted by atomic mass is 10.2. The molecule has 0 bridgehead atoms. The fourth-order valence-corrected chi connectivity index (χ4v) is 1.80. The summed E-state index contributed by atoms with van der Waals surface area (Å²) >= 11 is 6.89. The molecule has 3 heteroatoms. The maximum absolute atomic E-state index is 4.05. The van der Waals surface area contributed by atoms with Crippen molar-refractivity contribution in [3.05, 3.63) is 39.5 Å². The fraction of sp³-hybridized carbons (Fsp3) is 0. The Labute approximate surface area is 87.1 Å². The van der Waals surface area contributed by atoms with Gasteiger partial charge in [0.15, 0.2) is 0 Å². The summed E-state index contributed by atoms with van der Waals surface area (Å²) < 4.78 is 2.13. The van der Waals surface area contributed by atoms with Gasteiger partial charge in [0, 0.05) is 26.7 Å². The first kappa shape index (κ1) is 8.20. The lowest BCUT2D eigenvalue weighted by Gasteiger charge is -1.99. The monoisotopic (exact) mass is 285 g/mol. The van der Waals surface area contributed by atoms with Crippen LogP contribution in [0.2, 0.25) is 0 Å². The van der Waals surface area contributed by atoms with Crippen LogP contribution in [0.25, 0.3) is 10.8 Å². The Bertz CT molecular complexity index is 385. The Morgan fingerprint density at radius 2 is 1.67 bits per heavy atom. The molecule has 0 unspecified atom stereocenters. The second-order valence-electron chi connectivity index (χ2n) is 2.49. The first-order valence-electron chi connectivity index (χ1n) is 3.46. The van der Waals surface area contributed by atoms with E-state index in [-0.39, 0.29) is 0 Å². The molecule has 60 valence electrons. The second kappa shape index (κ2) is 3.15. The minimum Gasteiger partial charge on any atom is -0.264 e. The Morgan fingerprint density at radius 1 is 1.00 bits per heavy atom. The van der Waals surface area contributed by atoms with Gasteiger partial charge in [-0.05, 0) is 55.4 Å². The predicted octanol–water partition coefficient (Wildman–Crippen LogP) is 3.76. The predicted molar refractivity (Wildman–Crippen MR) is 57.1 cm³/mol. The van der Waals surface area contributed by atoms with E-state index in [1.807, 2.05) is 18.3 Å². The summed E-state index contributed by atoms with van der Waals surface area (Å²) in [6.45, 7) is 0. The molecule has 0 N–H and O–H groups in total. The molecule has 0 amide bonds. The molecule has 0 radical (unpaired) electrons. The summed E-state index contributed by atoms with van der Waals surface area (Å²) in [6, 6.07) is 6.11. The van der Waals surface area contributed by atoms with Crippen LogP contribution in [0.1, 0.15) is 0 Å². The Hall–Kier alpha value is -0.410. The van der Waals surface area contributed by atoms with Crippen LogP contribution >= 0.6 is 31.9 Å². The summed E-state index contributed by atoms with van der Waals surface area (Å²) in [7, 11) is 0. The molecule has 0 aliphatic rings. The second-order valence-corrected chi connectivity index (χ2v) is 4.20. The number of halogens is 2. The van der Waals surface area contributed by atoms with Gasteiger partial charge in [0.1, 0.15) is 0 Å². The van der Waals surface area contributed by atoms with E-state index in [4.69, 9.17) is 0 Å². The molecule has 0 aliphatic carbocycles. The number of fused-ring (bicyclic) bond motifs is 1. The number of aromatic nitrogens is 1. The zero-order chi connectivity index (χ0) is 8.55. The maximum Gasteiger partial charge on any atom is 0.0346 e. The highest BCUT2D eigenvalue weighted by Crippen LogP contribution is 2.27. The highest BCUT2D eigenvalue weighted by molar-refractivity contribution is 9.13. The standard InChI is InChI=1S/C9H5Br2N/c10-8-3-6-1-2-12-5-7(6)4-9(8)11/h1-5H. The van der Waals surface area contributed by atoms with Crippen molar-refractivity contribution in [1.29, 1.82) is 0 Å². The van der Waals surface area contributed by atoms with Gasteiger partial charge in [0.2, 0.25) is 0 Å². The molecule has 1 aromatic heterocycles. The van der Waals surface area contributed by atoms with E-state index in [1.54, 1.807) is 6.20 Å². The first-order chi connectivity index (χ1) is 5.77. The third-order valence-corrected chi connectivity index (χ3v) is 3.52. The Kier molecular flexibility index (Phi) is 2.15. The van der Waals surface area contributed by atoms with Gasteiger partial charge in [0.05, 0.1) is 0 Å². The Balaban J connectivity index is 2.84. The Morgan fingerprint density at radius 3 is 2.42 bits per heavy atom. The number of nitrogens with zero attached hydrogens (tertiary/aromatic N) is 1. The highest BCUT2D eigenvalue weighted by Gasteiger charge is 1.98. The van der Waals surface area contributed by atoms with Gasteiger partial charge in [-0.1, -0.05) is 0 Å². The number of benzene rings is 1. The molecule has 0 spiro atoms. The van der Waals surface area contributed by atoms with Crippen molar-refractivity contribution in [2.24, 2.45) is 0 Å². The van der Waals surface area contributed by atoms with Crippen LogP contribution in [-0.4, -0.2) is 4.98 Å². The maximum atomic E-state index is 4.05. The minimum atomic E-state index is 1.06. The average Bonchev–Trinajstić information content (AvgIpc) is 2.07. The molecule has 12 heavy (non-hydrogen) atoms. The topological polar surface area (TPSA) is 12.9 Å². The largest absolute Gasteiger partial charge is 0.264 e. The van der Waals surface area contributed by atoms with Crippen molar-refractivity contribution < 1.29 is 0 Å². The fourth-order valence-electron chi connectivity index (χ4n) is 1.08. The van der Waals surface area contributed by atoms with Crippen molar-refractivity contribution in [2.75, 3.05) is 0 Å². The molecule has 0 fully saturated rings. The zero-order valence-corrected chi connectivity index (χ0v) is 9.26. The summed E-state index contributed by atoms with van der Waals surface area (Å²) in [4.78, 5) is 4.05. The summed E-state index contributed by atoms with van der Waals surface area (Å²) in [5.41, 5.74) is 0. The number of rotatable bonds is 0. The lowest BCUT2D eigenvalue weighted by molar-refractivity contribution is 1.36. The number of hydrogen-bond acceptors (Lipinski definition) is 1. The van der Waals surface area contributed by atoms with E-state index in [9.17, 15) is 0 Å². The molecule has 1 aromatic carbocycles. The highest BCUT2D eigenvalue weighted by atomic mass is 79.9. The normalized spacial score (nSPS) is 10.5. The third-order valence-electron chi connectivity index (χ3n) is 1.68. The van der Waals surface area contributed by atoms with Crippen LogP contribution in [0.4, 0.5) is 0 Å². The van der Waals surface area contributed by atoms with E-state index in [0.717, 1.165) is 14.3 Å². The molecule has 0 saturated carbocycles. The van der Waals surface area contributed by atoms with Crippen molar-refractivity contribution >= 4 is 42.6 Å². The van der Waals surface area contributed by atoms with E-state index < -0.39 is 0 Å². The van der Waals surface area contributed by atoms with Crippen LogP contribution in [0.5, 0.6) is 0 Å². The quantitative estimate of drug-likeness (QED) is 0.719. The van der Waals surface area contributed by atoms with Gasteiger partial charge in [-0.2, -0.15) is 0 Å². The van der Waals surface area contributed by atoms with Crippen LogP contribution < -0.4 is 0 Å². The van der Waals surface area contributed by atoms with E-state index in [0.29, 0.717) is 0 Å². The molecule has 1 nitrogen and oxygen atoms in total. The van der Waals surface area contributed by atoms with E-state index in [2.05, 4.69) is 42.9 Å². The van der Waals surface area contributed by atoms with Crippen molar-refractivity contribution in [3.63, 3.8) is 0 Å². The molecular formula is C9H5Br2N. The molecule has 1 heterocycles. The average molecular weight is 287 g/mol. The van der Waals surface area contributed by atoms with Gasteiger partial charge in [-0.25, -0.2) is 0 Å². The third kappa shape index (κ3) is 1.39. The van der Waals surface area contributed by atoms with Gasteiger partial charge in [0.25, 0.3) is 0 Å². The summed E-state index contributed by atoms with van der Waals surface area (Å²) in [5, 5.41) is 2.34. The van der Waals surface area contributed by atoms with Crippen molar-refractivity contribution in [2.45, 2.75) is 0 Å². The van der Waals surface area contributed by atoms with Gasteiger partial charge >= 0.3 is 0 Å². The van der Waals surface area contributed by atoms with E-state index >= 15 is 0 Å². The van der Waals surface area contributed by atoms with Crippen molar-refractivity contribution in [3.8, 4) is 0 Å². The van der Waals surface area contributed by atoms with Crippen LogP contribution in [0.15, 0.2) is 39.5 Å².